The zero-order valence-electron chi connectivity index (χ0n) is 22.7. The average Bonchev–Trinajstić information content (AvgIpc) is 3.66. The minimum absolute atomic E-state index is 0.0643. The Morgan fingerprint density at radius 3 is 1.85 bits per heavy atom. The van der Waals surface area contributed by atoms with E-state index in [9.17, 15) is 85.5 Å². The standard InChI is InChI=1S/C25H12F15N5O3/c26-19(27,20(28,29)21(30,31)22(32,33)23(34,35)24(36,37)25(38,39)40)17(47)43-8-9-5-13(43)15-16(46)45(18(48)44(9)15)14-7-42-12(6-41)10-3-1-2-4-11(10)14/h1-4,7,9,13,15H,5,8H2/t9-,13?,15-/m1/s1. The van der Waals surface area contributed by atoms with E-state index in [1.54, 1.807) is 6.07 Å². The molecule has 0 saturated carbocycles. The molecule has 0 radical (unpaired) electrons. The van der Waals surface area contributed by atoms with Gasteiger partial charge >= 0.3 is 47.7 Å². The second-order valence-corrected chi connectivity index (χ2v) is 10.8. The van der Waals surface area contributed by atoms with Crippen LogP contribution in [0.3, 0.4) is 0 Å². The number of carbonyl (C=O) groups is 3. The van der Waals surface area contributed by atoms with Crippen LogP contribution in [0.4, 0.5) is 76.3 Å². The number of pyridine rings is 1. The van der Waals surface area contributed by atoms with Gasteiger partial charge in [-0.2, -0.15) is 71.1 Å². The number of hydrogen-bond acceptors (Lipinski definition) is 5. The first kappa shape index (κ1) is 34.8. The number of aromatic nitrogens is 1. The second-order valence-electron chi connectivity index (χ2n) is 10.8. The molecule has 8 nitrogen and oxygen atoms in total. The lowest BCUT2D eigenvalue weighted by molar-refractivity contribution is -0.450. The number of anilines is 1. The summed E-state index contributed by atoms with van der Waals surface area (Å²) in [7, 11) is 0. The van der Waals surface area contributed by atoms with Crippen LogP contribution in [0.2, 0.25) is 0 Å². The number of amides is 4. The third-order valence-electron chi connectivity index (χ3n) is 8.24. The van der Waals surface area contributed by atoms with Crippen LogP contribution >= 0.6 is 0 Å². The first-order valence-corrected chi connectivity index (χ1v) is 12.8. The monoisotopic (exact) mass is 715 g/mol. The van der Waals surface area contributed by atoms with Gasteiger partial charge < -0.3 is 9.80 Å². The highest BCUT2D eigenvalue weighted by molar-refractivity contribution is 6.25. The number of piperazine rings is 1. The Morgan fingerprint density at radius 1 is 0.792 bits per heavy atom. The molecule has 48 heavy (non-hydrogen) atoms. The molecule has 3 atom stereocenters. The summed E-state index contributed by atoms with van der Waals surface area (Å²) >= 11 is 0. The molecular formula is C25H12F15N5O3. The van der Waals surface area contributed by atoms with Crippen molar-refractivity contribution < 1.29 is 80.2 Å². The van der Waals surface area contributed by atoms with E-state index in [0.717, 1.165) is 6.20 Å². The van der Waals surface area contributed by atoms with Gasteiger partial charge in [-0.05, 0) is 6.42 Å². The summed E-state index contributed by atoms with van der Waals surface area (Å²) in [6.45, 7) is -1.25. The number of alkyl halides is 15. The average molecular weight is 715 g/mol. The molecule has 3 saturated heterocycles. The number of fused-ring (bicyclic) bond motifs is 6. The highest BCUT2D eigenvalue weighted by atomic mass is 19.4. The highest BCUT2D eigenvalue weighted by Gasteiger charge is 2.94. The summed E-state index contributed by atoms with van der Waals surface area (Å²) in [6.07, 6.45) is -7.56. The van der Waals surface area contributed by atoms with Gasteiger partial charge in [0.15, 0.2) is 0 Å². The number of imide groups is 1. The lowest BCUT2D eigenvalue weighted by Crippen LogP contribution is -2.74. The zero-order valence-corrected chi connectivity index (χ0v) is 22.7. The summed E-state index contributed by atoms with van der Waals surface area (Å²) in [4.78, 5) is 43.8. The van der Waals surface area contributed by atoms with Crippen molar-refractivity contribution in [2.24, 2.45) is 0 Å². The largest absolute Gasteiger partial charge is 0.460 e. The van der Waals surface area contributed by atoms with Crippen LogP contribution in [0.5, 0.6) is 0 Å². The molecule has 1 aromatic carbocycles. The van der Waals surface area contributed by atoms with Crippen molar-refractivity contribution >= 4 is 34.3 Å². The van der Waals surface area contributed by atoms with E-state index in [1.165, 1.54) is 24.3 Å². The lowest BCUT2D eigenvalue weighted by Gasteiger charge is -2.42. The molecular weight excluding hydrogens is 703 g/mol. The molecule has 3 aliphatic rings. The summed E-state index contributed by atoms with van der Waals surface area (Å²) in [5, 5.41) is 9.47. The smallest absolute Gasteiger partial charge is 0.330 e. The first-order valence-electron chi connectivity index (χ1n) is 12.8. The first-order chi connectivity index (χ1) is 21.7. The fourth-order valence-electron chi connectivity index (χ4n) is 5.84. The Balaban J connectivity index is 1.47. The van der Waals surface area contributed by atoms with Crippen LogP contribution < -0.4 is 4.90 Å². The molecule has 1 aromatic heterocycles. The Hall–Kier alpha value is -4.52. The summed E-state index contributed by atoms with van der Waals surface area (Å²) in [6, 6.07) is 0.546. The van der Waals surface area contributed by atoms with E-state index >= 15 is 0 Å². The van der Waals surface area contributed by atoms with Crippen molar-refractivity contribution in [2.75, 3.05) is 11.4 Å². The molecule has 23 heteroatoms. The Kier molecular flexibility index (Phi) is 7.25. The van der Waals surface area contributed by atoms with Gasteiger partial charge in [0.05, 0.1) is 24.0 Å². The minimum Gasteiger partial charge on any atom is -0.330 e. The van der Waals surface area contributed by atoms with Crippen LogP contribution in [0.1, 0.15) is 12.1 Å². The Morgan fingerprint density at radius 2 is 1.31 bits per heavy atom. The molecule has 3 aliphatic heterocycles. The fourth-order valence-corrected chi connectivity index (χ4v) is 5.84. The quantitative estimate of drug-likeness (QED) is 0.275. The Bertz CT molecular complexity index is 1770. The minimum atomic E-state index is -8.57. The number of hydrogen-bond donors (Lipinski definition) is 0. The molecule has 1 unspecified atom stereocenters. The third kappa shape index (κ3) is 4.05. The molecule has 4 heterocycles. The van der Waals surface area contributed by atoms with Crippen molar-refractivity contribution in [3.63, 3.8) is 0 Å². The molecule has 4 amide bonds. The normalized spacial score (nSPS) is 22.5. The van der Waals surface area contributed by atoms with Crippen LogP contribution in [0.15, 0.2) is 30.5 Å². The molecule has 2 aromatic rings. The predicted molar refractivity (Wildman–Crippen MR) is 125 cm³/mol. The molecule has 0 spiro atoms. The van der Waals surface area contributed by atoms with Gasteiger partial charge in [0.25, 0.3) is 11.8 Å². The summed E-state index contributed by atoms with van der Waals surface area (Å²) < 4.78 is 205. The van der Waals surface area contributed by atoms with E-state index in [1.807, 2.05) is 0 Å². The van der Waals surface area contributed by atoms with Crippen molar-refractivity contribution in [1.82, 2.24) is 14.8 Å². The maximum absolute atomic E-state index is 14.8. The van der Waals surface area contributed by atoms with Gasteiger partial charge in [-0.15, -0.1) is 0 Å². The van der Waals surface area contributed by atoms with E-state index in [0.29, 0.717) is 9.80 Å². The lowest BCUT2D eigenvalue weighted by atomic mass is 9.90. The number of likely N-dealkylation sites (tertiary alicyclic amines) is 1. The number of benzene rings is 1. The van der Waals surface area contributed by atoms with Gasteiger partial charge in [-0.3, -0.25) is 9.59 Å². The number of urea groups is 1. The molecule has 5 rings (SSSR count). The number of halogens is 15. The summed E-state index contributed by atoms with van der Waals surface area (Å²) in [5.74, 6) is -53.8. The van der Waals surface area contributed by atoms with E-state index in [2.05, 4.69) is 4.98 Å². The molecule has 260 valence electrons. The van der Waals surface area contributed by atoms with Gasteiger partial charge in [0, 0.05) is 17.3 Å². The van der Waals surface area contributed by atoms with Gasteiger partial charge in [-0.1, -0.05) is 24.3 Å². The Labute approximate surface area is 255 Å². The van der Waals surface area contributed by atoms with Crippen LogP contribution in [0, 0.1) is 11.3 Å². The van der Waals surface area contributed by atoms with Crippen molar-refractivity contribution in [3.05, 3.63) is 36.2 Å². The van der Waals surface area contributed by atoms with E-state index < -0.39 is 95.5 Å². The highest BCUT2D eigenvalue weighted by Crippen LogP contribution is 2.62. The molecule has 2 bridgehead atoms. The molecule has 3 fully saturated rings. The fraction of sp³-hybridized carbons (Fsp3) is 0.480. The predicted octanol–water partition coefficient (Wildman–Crippen LogP) is 5.60. The molecule has 0 aliphatic carbocycles. The summed E-state index contributed by atoms with van der Waals surface area (Å²) in [5.41, 5.74) is -0.460. The van der Waals surface area contributed by atoms with Gasteiger partial charge in [0.1, 0.15) is 17.8 Å². The number of rotatable bonds is 7. The number of nitriles is 1. The van der Waals surface area contributed by atoms with Crippen molar-refractivity contribution in [1.29, 1.82) is 5.26 Å². The van der Waals surface area contributed by atoms with Crippen LogP contribution in [0.25, 0.3) is 10.8 Å². The van der Waals surface area contributed by atoms with Crippen molar-refractivity contribution in [3.8, 4) is 6.07 Å². The van der Waals surface area contributed by atoms with E-state index in [-0.39, 0.29) is 22.2 Å². The number of carbonyl (C=O) groups excluding carboxylic acids is 3. The van der Waals surface area contributed by atoms with Crippen LogP contribution in [-0.4, -0.2) is 99.0 Å². The van der Waals surface area contributed by atoms with Gasteiger partial charge in [-0.25, -0.2) is 14.7 Å². The van der Waals surface area contributed by atoms with Crippen LogP contribution in [-0.2, 0) is 9.59 Å². The zero-order chi connectivity index (χ0) is 36.4. The van der Waals surface area contributed by atoms with Gasteiger partial charge in [0.2, 0.25) is 0 Å². The SMILES string of the molecule is N#Cc1ncc(N2C(=O)[C@H]3C4C[C@H](CN4C(=O)C(F)(F)C(F)(F)C(F)(F)C(F)(F)C(F)(F)C(F)(F)C(F)(F)F)N3C2=O)c2ccccc12. The molecule has 0 N–H and O–H groups in total. The van der Waals surface area contributed by atoms with E-state index in [4.69, 9.17) is 0 Å². The maximum Gasteiger partial charge on any atom is 0.460 e. The van der Waals surface area contributed by atoms with Crippen molar-refractivity contribution in [2.45, 2.75) is 66.3 Å². The topological polar surface area (TPSA) is 97.6 Å². The second kappa shape index (κ2) is 10.0. The maximum atomic E-state index is 14.8. The third-order valence-corrected chi connectivity index (χ3v) is 8.24. The number of nitrogens with zero attached hydrogens (tertiary/aromatic N) is 5.